The van der Waals surface area contributed by atoms with Gasteiger partial charge >= 0.3 is 0 Å². The molecule has 0 N–H and O–H groups in total. The minimum atomic E-state index is 0.266. The quantitative estimate of drug-likeness (QED) is 0.630. The number of rotatable bonds is 3. The molecule has 0 radical (unpaired) electrons. The normalized spacial score (nSPS) is 31.2. The van der Waals surface area contributed by atoms with E-state index in [4.69, 9.17) is 0 Å². The van der Waals surface area contributed by atoms with Crippen molar-refractivity contribution in [3.8, 4) is 0 Å². The summed E-state index contributed by atoms with van der Waals surface area (Å²) < 4.78 is 0. The number of carbonyl (C=O) groups excluding carboxylic acids is 1. The van der Waals surface area contributed by atoms with Gasteiger partial charge in [0.1, 0.15) is 0 Å². The van der Waals surface area contributed by atoms with Gasteiger partial charge in [-0.1, -0.05) is 6.08 Å². The Bertz CT molecular complexity index is 255. The molecular formula is C11H17OS+. The molecule has 0 spiro atoms. The van der Waals surface area contributed by atoms with Crippen molar-refractivity contribution in [1.82, 2.24) is 0 Å². The summed E-state index contributed by atoms with van der Waals surface area (Å²) in [5.41, 5.74) is 1.18. The van der Waals surface area contributed by atoms with Crippen LogP contribution in [-0.4, -0.2) is 24.0 Å². The minimum absolute atomic E-state index is 0.266. The van der Waals surface area contributed by atoms with Crippen molar-refractivity contribution in [2.45, 2.75) is 19.3 Å². The molecule has 2 aliphatic rings. The average Bonchev–Trinajstić information content (AvgIpc) is 2.62. The van der Waals surface area contributed by atoms with Gasteiger partial charge in [0.15, 0.2) is 5.75 Å². The Balaban J connectivity index is 2.02. The lowest BCUT2D eigenvalue weighted by Crippen LogP contribution is -2.18. The molecule has 0 aliphatic heterocycles. The molecule has 13 heavy (non-hydrogen) atoms. The third kappa shape index (κ3) is 1.83. The smallest absolute Gasteiger partial charge is 0.207 e. The van der Waals surface area contributed by atoms with Crippen LogP contribution < -0.4 is 0 Å². The lowest BCUT2D eigenvalue weighted by atomic mass is 9.96. The van der Waals surface area contributed by atoms with Crippen LogP contribution in [0.25, 0.3) is 0 Å². The van der Waals surface area contributed by atoms with E-state index in [0.29, 0.717) is 11.7 Å². The number of fused-ring (bicyclic) bond motifs is 2. The Hall–Kier alpha value is -0.240. The van der Waals surface area contributed by atoms with Crippen LogP contribution in [0.5, 0.6) is 0 Å². The summed E-state index contributed by atoms with van der Waals surface area (Å²) in [6.07, 6.45) is 10.4. The first-order chi connectivity index (χ1) is 6.16. The summed E-state index contributed by atoms with van der Waals surface area (Å²) in [6, 6.07) is 0. The molecule has 2 heteroatoms. The number of Topliss-reactive ketones (excluding diaryl/α,β-unsaturated/α-hetero) is 1. The summed E-state index contributed by atoms with van der Waals surface area (Å²) >= 11 is 0. The van der Waals surface area contributed by atoms with Gasteiger partial charge in [-0.2, -0.15) is 0 Å². The molecule has 2 bridgehead atoms. The van der Waals surface area contributed by atoms with Crippen molar-refractivity contribution in [2.75, 3.05) is 18.3 Å². The number of hydrogen-bond acceptors (Lipinski definition) is 1. The largest absolute Gasteiger partial charge is 0.289 e. The standard InChI is InChI=1S/C11H17OS/c1-13(2)7-11(12)10-6-8-3-4-9(10)5-8/h6,8-9H,3-5,7H2,1-2H3/q+1. The van der Waals surface area contributed by atoms with Crippen molar-refractivity contribution in [2.24, 2.45) is 11.8 Å². The topological polar surface area (TPSA) is 17.1 Å². The van der Waals surface area contributed by atoms with E-state index in [0.717, 1.165) is 11.7 Å². The molecule has 1 fully saturated rings. The first kappa shape index (κ1) is 9.32. The second kappa shape index (κ2) is 3.49. The van der Waals surface area contributed by atoms with E-state index < -0.39 is 0 Å². The van der Waals surface area contributed by atoms with Crippen LogP contribution in [0.3, 0.4) is 0 Å². The highest BCUT2D eigenvalue weighted by Crippen LogP contribution is 2.43. The van der Waals surface area contributed by atoms with Crippen molar-refractivity contribution in [1.29, 1.82) is 0 Å². The van der Waals surface area contributed by atoms with E-state index in [9.17, 15) is 4.79 Å². The maximum absolute atomic E-state index is 11.8. The molecule has 2 atom stereocenters. The second-order valence-corrected chi connectivity index (χ2v) is 6.71. The van der Waals surface area contributed by atoms with Gasteiger partial charge < -0.3 is 0 Å². The molecule has 1 nitrogen and oxygen atoms in total. The minimum Gasteiger partial charge on any atom is -0.289 e. The first-order valence-electron chi connectivity index (χ1n) is 4.96. The van der Waals surface area contributed by atoms with Crippen molar-refractivity contribution in [3.63, 3.8) is 0 Å². The second-order valence-electron chi connectivity index (χ2n) is 4.45. The van der Waals surface area contributed by atoms with Crippen LogP contribution in [0, 0.1) is 11.8 Å². The predicted molar refractivity (Wildman–Crippen MR) is 58.0 cm³/mol. The molecule has 0 saturated heterocycles. The van der Waals surface area contributed by atoms with E-state index in [2.05, 4.69) is 18.6 Å². The fourth-order valence-corrected chi connectivity index (χ4v) is 3.20. The zero-order valence-electron chi connectivity index (χ0n) is 8.38. The van der Waals surface area contributed by atoms with Gasteiger partial charge in [0.05, 0.1) is 12.5 Å². The van der Waals surface area contributed by atoms with Gasteiger partial charge in [0.2, 0.25) is 5.78 Å². The summed E-state index contributed by atoms with van der Waals surface area (Å²) in [5, 5.41) is 0. The zero-order valence-corrected chi connectivity index (χ0v) is 9.19. The first-order valence-corrected chi connectivity index (χ1v) is 7.17. The summed E-state index contributed by atoms with van der Waals surface area (Å²) in [5.74, 6) is 2.59. The van der Waals surface area contributed by atoms with Crippen LogP contribution >= 0.6 is 0 Å². The van der Waals surface area contributed by atoms with Crippen LogP contribution in [-0.2, 0) is 15.7 Å². The van der Waals surface area contributed by atoms with Gasteiger partial charge in [-0.3, -0.25) is 4.79 Å². The molecule has 0 heterocycles. The third-order valence-corrected chi connectivity index (χ3v) is 3.91. The van der Waals surface area contributed by atoms with Gasteiger partial charge in [-0.05, 0) is 47.6 Å². The Labute approximate surface area is 82.9 Å². The zero-order chi connectivity index (χ0) is 9.42. The highest BCUT2D eigenvalue weighted by molar-refractivity contribution is 7.96. The maximum Gasteiger partial charge on any atom is 0.207 e. The maximum atomic E-state index is 11.8. The molecule has 0 aromatic heterocycles. The van der Waals surface area contributed by atoms with Crippen molar-refractivity contribution >= 4 is 16.7 Å². The van der Waals surface area contributed by atoms with Gasteiger partial charge in [-0.15, -0.1) is 0 Å². The van der Waals surface area contributed by atoms with E-state index in [1.54, 1.807) is 0 Å². The molecule has 0 aromatic rings. The molecule has 0 aromatic carbocycles. The fraction of sp³-hybridized carbons (Fsp3) is 0.727. The average molecular weight is 197 g/mol. The molecule has 72 valence electrons. The van der Waals surface area contributed by atoms with E-state index in [-0.39, 0.29) is 10.9 Å². The number of carbonyl (C=O) groups is 1. The van der Waals surface area contributed by atoms with Crippen molar-refractivity contribution < 1.29 is 4.79 Å². The van der Waals surface area contributed by atoms with Crippen LogP contribution in [0.15, 0.2) is 11.6 Å². The Morgan fingerprint density at radius 3 is 2.77 bits per heavy atom. The number of hydrogen-bond donors (Lipinski definition) is 0. The van der Waals surface area contributed by atoms with Crippen LogP contribution in [0.2, 0.25) is 0 Å². The Morgan fingerprint density at radius 1 is 1.54 bits per heavy atom. The Kier molecular flexibility index (Phi) is 2.50. The molecular weight excluding hydrogens is 180 g/mol. The summed E-state index contributed by atoms with van der Waals surface area (Å²) in [7, 11) is 0.266. The fourth-order valence-electron chi connectivity index (χ4n) is 2.51. The molecule has 1 saturated carbocycles. The molecule has 2 unspecified atom stereocenters. The number of allylic oxidation sites excluding steroid dienone is 2. The Morgan fingerprint density at radius 2 is 2.31 bits per heavy atom. The molecule has 0 amide bonds. The monoisotopic (exact) mass is 197 g/mol. The van der Waals surface area contributed by atoms with Gasteiger partial charge in [0.25, 0.3) is 0 Å². The highest BCUT2D eigenvalue weighted by Gasteiger charge is 2.36. The molecule has 2 rings (SSSR count). The van der Waals surface area contributed by atoms with Crippen molar-refractivity contribution in [3.05, 3.63) is 11.6 Å². The summed E-state index contributed by atoms with van der Waals surface area (Å²) in [6.45, 7) is 0. The van der Waals surface area contributed by atoms with Gasteiger partial charge in [0, 0.05) is 0 Å². The number of ketones is 1. The van der Waals surface area contributed by atoms with Crippen LogP contribution in [0.4, 0.5) is 0 Å². The SMILES string of the molecule is C[S+](C)CC(=O)C1=CC2CCC1C2. The van der Waals surface area contributed by atoms with E-state index >= 15 is 0 Å². The highest BCUT2D eigenvalue weighted by atomic mass is 32.2. The predicted octanol–water partition coefficient (Wildman–Crippen LogP) is 1.79. The van der Waals surface area contributed by atoms with Gasteiger partial charge in [-0.25, -0.2) is 0 Å². The third-order valence-electron chi connectivity index (χ3n) is 3.07. The lowest BCUT2D eigenvalue weighted by molar-refractivity contribution is -0.113. The van der Waals surface area contributed by atoms with Crippen LogP contribution in [0.1, 0.15) is 19.3 Å². The van der Waals surface area contributed by atoms with E-state index in [1.807, 2.05) is 0 Å². The molecule has 2 aliphatic carbocycles. The summed E-state index contributed by atoms with van der Waals surface area (Å²) in [4.78, 5) is 11.8. The van der Waals surface area contributed by atoms with E-state index in [1.165, 1.54) is 24.8 Å². The lowest BCUT2D eigenvalue weighted by Gasteiger charge is -2.10.